The molecule has 3 N–H and O–H groups in total. The molecular weight excluding hydrogens is 202 g/mol. The van der Waals surface area contributed by atoms with E-state index in [1.54, 1.807) is 0 Å². The van der Waals surface area contributed by atoms with Crippen LogP contribution in [0.25, 0.3) is 0 Å². The normalized spacial score (nSPS) is 20.1. The van der Waals surface area contributed by atoms with E-state index in [0.29, 0.717) is 6.04 Å². The predicted octanol–water partition coefficient (Wildman–Crippen LogP) is 0.631. The van der Waals surface area contributed by atoms with Gasteiger partial charge in [-0.25, -0.2) is 0 Å². The highest BCUT2D eigenvalue weighted by molar-refractivity contribution is 5.86. The lowest BCUT2D eigenvalue weighted by Gasteiger charge is -2.39. The van der Waals surface area contributed by atoms with E-state index in [4.69, 9.17) is 0 Å². The molecule has 4 nitrogen and oxygen atoms in total. The molecule has 1 aliphatic heterocycles. The maximum absolute atomic E-state index is 12.3. The van der Waals surface area contributed by atoms with Crippen LogP contribution in [0.3, 0.4) is 0 Å². The van der Waals surface area contributed by atoms with Crippen molar-refractivity contribution in [3.8, 4) is 0 Å². The second-order valence-electron chi connectivity index (χ2n) is 5.26. The smallest absolute Gasteiger partial charge is 0.240 e. The fraction of sp³-hybridized carbons (Fsp3) is 0.917. The molecule has 1 heterocycles. The summed E-state index contributed by atoms with van der Waals surface area (Å²) in [6.45, 7) is 10.00. The number of hydrogen-bond acceptors (Lipinski definition) is 3. The molecule has 0 aliphatic carbocycles. The molecule has 16 heavy (non-hydrogen) atoms. The summed E-state index contributed by atoms with van der Waals surface area (Å²) in [5.41, 5.74) is -0.371. The van der Waals surface area contributed by atoms with E-state index < -0.39 is 0 Å². The fourth-order valence-electron chi connectivity index (χ4n) is 2.24. The number of nitrogens with one attached hydrogen (secondary N) is 3. The SMILES string of the molecule is CC(C)NC(=O)C1(NC(C)C)CCNCC1. The number of carbonyl (C=O) groups is 1. The molecular formula is C12H25N3O. The van der Waals surface area contributed by atoms with Crippen LogP contribution in [0.1, 0.15) is 40.5 Å². The molecule has 1 rings (SSSR count). The van der Waals surface area contributed by atoms with E-state index in [1.165, 1.54) is 0 Å². The summed E-state index contributed by atoms with van der Waals surface area (Å²) in [5.74, 6) is 0.151. The molecule has 0 spiro atoms. The number of carbonyl (C=O) groups excluding carboxylic acids is 1. The van der Waals surface area contributed by atoms with E-state index in [9.17, 15) is 4.79 Å². The van der Waals surface area contributed by atoms with Gasteiger partial charge in [0.15, 0.2) is 0 Å². The van der Waals surface area contributed by atoms with Crippen LogP contribution in [0.4, 0.5) is 0 Å². The Labute approximate surface area is 98.6 Å². The van der Waals surface area contributed by atoms with Crippen molar-refractivity contribution >= 4 is 5.91 Å². The lowest BCUT2D eigenvalue weighted by Crippen LogP contribution is -2.63. The minimum Gasteiger partial charge on any atom is -0.352 e. The molecule has 0 bridgehead atoms. The monoisotopic (exact) mass is 227 g/mol. The zero-order valence-corrected chi connectivity index (χ0v) is 10.9. The van der Waals surface area contributed by atoms with Gasteiger partial charge in [-0.1, -0.05) is 0 Å². The van der Waals surface area contributed by atoms with Gasteiger partial charge in [0.05, 0.1) is 0 Å². The Hall–Kier alpha value is -0.610. The molecule has 0 aromatic rings. The van der Waals surface area contributed by atoms with E-state index in [-0.39, 0.29) is 17.5 Å². The van der Waals surface area contributed by atoms with E-state index in [2.05, 4.69) is 29.8 Å². The van der Waals surface area contributed by atoms with Gasteiger partial charge < -0.3 is 16.0 Å². The van der Waals surface area contributed by atoms with Crippen molar-refractivity contribution in [2.24, 2.45) is 0 Å². The first-order valence-electron chi connectivity index (χ1n) is 6.26. The van der Waals surface area contributed by atoms with Gasteiger partial charge in [-0.05, 0) is 53.6 Å². The highest BCUT2D eigenvalue weighted by atomic mass is 16.2. The Kier molecular flexibility index (Phi) is 4.74. The van der Waals surface area contributed by atoms with Crippen LogP contribution in [0.5, 0.6) is 0 Å². The minimum absolute atomic E-state index is 0.151. The molecule has 1 aliphatic rings. The van der Waals surface area contributed by atoms with Gasteiger partial charge in [-0.3, -0.25) is 4.79 Å². The highest BCUT2D eigenvalue weighted by Crippen LogP contribution is 2.19. The molecule has 1 amide bonds. The summed E-state index contributed by atoms with van der Waals surface area (Å²) in [6.07, 6.45) is 1.73. The summed E-state index contributed by atoms with van der Waals surface area (Å²) < 4.78 is 0. The molecule has 1 saturated heterocycles. The molecule has 1 fully saturated rings. The summed E-state index contributed by atoms with van der Waals surface area (Å²) >= 11 is 0. The van der Waals surface area contributed by atoms with Crippen LogP contribution >= 0.6 is 0 Å². The van der Waals surface area contributed by atoms with Crippen molar-refractivity contribution in [1.82, 2.24) is 16.0 Å². The predicted molar refractivity (Wildman–Crippen MR) is 66.4 cm³/mol. The van der Waals surface area contributed by atoms with Gasteiger partial charge in [0.25, 0.3) is 0 Å². The maximum atomic E-state index is 12.3. The second kappa shape index (κ2) is 5.64. The van der Waals surface area contributed by atoms with Gasteiger partial charge in [0, 0.05) is 12.1 Å². The molecule has 0 radical (unpaired) electrons. The van der Waals surface area contributed by atoms with Crippen LogP contribution < -0.4 is 16.0 Å². The molecule has 0 aromatic carbocycles. The van der Waals surface area contributed by atoms with Crippen molar-refractivity contribution < 1.29 is 4.79 Å². The van der Waals surface area contributed by atoms with Gasteiger partial charge >= 0.3 is 0 Å². The zero-order chi connectivity index (χ0) is 12.2. The van der Waals surface area contributed by atoms with Gasteiger partial charge in [0.2, 0.25) is 5.91 Å². The fourth-order valence-corrected chi connectivity index (χ4v) is 2.24. The van der Waals surface area contributed by atoms with Crippen molar-refractivity contribution in [3.63, 3.8) is 0 Å². The Morgan fingerprint density at radius 3 is 2.12 bits per heavy atom. The lowest BCUT2D eigenvalue weighted by atomic mass is 9.86. The quantitative estimate of drug-likeness (QED) is 0.660. The average Bonchev–Trinajstić information content (AvgIpc) is 2.16. The summed E-state index contributed by atoms with van der Waals surface area (Å²) in [5, 5.41) is 9.78. The van der Waals surface area contributed by atoms with Crippen LogP contribution in [-0.4, -0.2) is 36.6 Å². The van der Waals surface area contributed by atoms with Gasteiger partial charge in [0.1, 0.15) is 5.54 Å². The molecule has 4 heteroatoms. The number of hydrogen-bond donors (Lipinski definition) is 3. The minimum atomic E-state index is -0.371. The van der Waals surface area contributed by atoms with Gasteiger partial charge in [-0.15, -0.1) is 0 Å². The third kappa shape index (κ3) is 3.46. The van der Waals surface area contributed by atoms with Crippen molar-refractivity contribution in [1.29, 1.82) is 0 Å². The molecule has 0 saturated carbocycles. The maximum Gasteiger partial charge on any atom is 0.240 e. The first-order chi connectivity index (χ1) is 7.46. The third-order valence-corrected chi connectivity index (χ3v) is 2.88. The van der Waals surface area contributed by atoms with Crippen LogP contribution in [0.15, 0.2) is 0 Å². The lowest BCUT2D eigenvalue weighted by molar-refractivity contribution is -0.129. The Balaban J connectivity index is 2.72. The summed E-state index contributed by atoms with van der Waals surface area (Å²) in [6, 6.07) is 0.532. The summed E-state index contributed by atoms with van der Waals surface area (Å²) in [4.78, 5) is 12.3. The van der Waals surface area contributed by atoms with E-state index in [1.807, 2.05) is 13.8 Å². The highest BCUT2D eigenvalue weighted by Gasteiger charge is 2.39. The van der Waals surface area contributed by atoms with Crippen molar-refractivity contribution in [2.75, 3.05) is 13.1 Å². The van der Waals surface area contributed by atoms with Crippen LogP contribution in [0.2, 0.25) is 0 Å². The summed E-state index contributed by atoms with van der Waals surface area (Å²) in [7, 11) is 0. The van der Waals surface area contributed by atoms with Crippen molar-refractivity contribution in [2.45, 2.75) is 58.2 Å². The number of rotatable bonds is 4. The first-order valence-corrected chi connectivity index (χ1v) is 6.26. The third-order valence-electron chi connectivity index (χ3n) is 2.88. The Morgan fingerprint density at radius 1 is 1.12 bits per heavy atom. The van der Waals surface area contributed by atoms with Crippen molar-refractivity contribution in [3.05, 3.63) is 0 Å². The first kappa shape index (κ1) is 13.5. The standard InChI is InChI=1S/C12H25N3O/c1-9(2)14-11(16)12(15-10(3)4)5-7-13-8-6-12/h9-10,13,15H,5-8H2,1-4H3,(H,14,16). The number of piperidine rings is 1. The number of amides is 1. The molecule has 0 atom stereocenters. The van der Waals surface area contributed by atoms with Crippen LogP contribution in [0, 0.1) is 0 Å². The molecule has 0 unspecified atom stereocenters. The van der Waals surface area contributed by atoms with E-state index >= 15 is 0 Å². The largest absolute Gasteiger partial charge is 0.352 e. The van der Waals surface area contributed by atoms with Gasteiger partial charge in [-0.2, -0.15) is 0 Å². The van der Waals surface area contributed by atoms with Crippen LogP contribution in [-0.2, 0) is 4.79 Å². The topological polar surface area (TPSA) is 53.2 Å². The van der Waals surface area contributed by atoms with E-state index in [0.717, 1.165) is 25.9 Å². The second-order valence-corrected chi connectivity index (χ2v) is 5.26. The Morgan fingerprint density at radius 2 is 1.69 bits per heavy atom. The molecule has 0 aromatic heterocycles. The zero-order valence-electron chi connectivity index (χ0n) is 10.9. The average molecular weight is 227 g/mol. The Bertz CT molecular complexity index is 232. The molecule has 94 valence electrons.